The van der Waals surface area contributed by atoms with Crippen LogP contribution in [0.5, 0.6) is 0 Å². The molecule has 3 aliphatic carbocycles. The van der Waals surface area contributed by atoms with Crippen molar-refractivity contribution >= 4 is 11.9 Å². The number of ether oxygens (including phenoxy) is 1. The van der Waals surface area contributed by atoms with Crippen molar-refractivity contribution in [3.05, 3.63) is 11.6 Å². The molecular formula is C21H31NO3. The van der Waals surface area contributed by atoms with E-state index in [1.54, 1.807) is 0 Å². The zero-order valence-corrected chi connectivity index (χ0v) is 15.8. The molecule has 2 saturated carbocycles. The number of carbonyl (C=O) groups is 2. The summed E-state index contributed by atoms with van der Waals surface area (Å²) in [6.45, 7) is 6.23. The van der Waals surface area contributed by atoms with Crippen molar-refractivity contribution in [2.24, 2.45) is 23.2 Å². The smallest absolute Gasteiger partial charge is 0.302 e. The monoisotopic (exact) mass is 345 g/mol. The Bertz CT molecular complexity index is 627. The summed E-state index contributed by atoms with van der Waals surface area (Å²) in [5.74, 6) is 2.06. The van der Waals surface area contributed by atoms with Crippen LogP contribution in [0.25, 0.3) is 0 Å². The molecule has 1 N–H and O–H groups in total. The van der Waals surface area contributed by atoms with Crippen LogP contribution < -0.4 is 5.32 Å². The Morgan fingerprint density at radius 1 is 1.20 bits per heavy atom. The summed E-state index contributed by atoms with van der Waals surface area (Å²) in [6, 6.07) is 0. The standard InChI is InChI=1S/C21H31NO3/c1-13(23)25-15-8-10-20(2)14(12-15)4-5-16-17(20)9-11-21(3)18(16)6-7-19(24)22-21/h4,15-18H,5-12H2,1-3H3,(H,22,24)/t15-,16+,17-,18-,20-,21-/m0/s1. The van der Waals surface area contributed by atoms with E-state index < -0.39 is 0 Å². The molecule has 0 unspecified atom stereocenters. The van der Waals surface area contributed by atoms with Gasteiger partial charge in [0.15, 0.2) is 0 Å². The van der Waals surface area contributed by atoms with Gasteiger partial charge >= 0.3 is 5.97 Å². The van der Waals surface area contributed by atoms with Gasteiger partial charge in [0.05, 0.1) is 0 Å². The van der Waals surface area contributed by atoms with Crippen molar-refractivity contribution in [2.45, 2.75) is 83.8 Å². The molecule has 1 amide bonds. The van der Waals surface area contributed by atoms with Crippen molar-refractivity contribution < 1.29 is 14.3 Å². The number of carbonyl (C=O) groups excluding carboxylic acids is 2. The molecule has 0 spiro atoms. The quantitative estimate of drug-likeness (QED) is 0.582. The normalized spacial score (nSPS) is 46.0. The third-order valence-corrected chi connectivity index (χ3v) is 7.89. The van der Waals surface area contributed by atoms with E-state index in [0.29, 0.717) is 24.2 Å². The van der Waals surface area contributed by atoms with Crippen LogP contribution >= 0.6 is 0 Å². The molecule has 0 radical (unpaired) electrons. The van der Waals surface area contributed by atoms with Gasteiger partial charge in [0.2, 0.25) is 5.91 Å². The number of fused-ring (bicyclic) bond motifs is 5. The maximum absolute atomic E-state index is 11.9. The van der Waals surface area contributed by atoms with E-state index in [1.807, 2.05) is 0 Å². The van der Waals surface area contributed by atoms with E-state index >= 15 is 0 Å². The first kappa shape index (κ1) is 17.1. The van der Waals surface area contributed by atoms with E-state index in [9.17, 15) is 9.59 Å². The predicted octanol–water partition coefficient (Wildman–Crippen LogP) is 3.75. The minimum absolute atomic E-state index is 0.00680. The van der Waals surface area contributed by atoms with Gasteiger partial charge in [-0.3, -0.25) is 9.59 Å². The van der Waals surface area contributed by atoms with Crippen molar-refractivity contribution in [1.29, 1.82) is 0 Å². The molecule has 4 nitrogen and oxygen atoms in total. The Labute approximate surface area is 150 Å². The van der Waals surface area contributed by atoms with Crippen molar-refractivity contribution in [1.82, 2.24) is 5.32 Å². The van der Waals surface area contributed by atoms with Crippen LogP contribution in [-0.4, -0.2) is 23.5 Å². The summed E-state index contributed by atoms with van der Waals surface area (Å²) in [5.41, 5.74) is 1.77. The van der Waals surface area contributed by atoms with Crippen LogP contribution in [0.2, 0.25) is 0 Å². The minimum Gasteiger partial charge on any atom is -0.462 e. The number of nitrogens with one attached hydrogen (secondary N) is 1. The van der Waals surface area contributed by atoms with Crippen LogP contribution in [0.4, 0.5) is 0 Å². The van der Waals surface area contributed by atoms with Gasteiger partial charge in [-0.25, -0.2) is 0 Å². The SMILES string of the molecule is CC(=O)O[C@H]1CC[C@@]2(C)C(=CC[C@@H]3[C@@H]2CC[C@]2(C)NC(=O)CC[C@@H]32)C1. The Morgan fingerprint density at radius 2 is 2.00 bits per heavy atom. The summed E-state index contributed by atoms with van der Waals surface area (Å²) in [7, 11) is 0. The molecular weight excluding hydrogens is 314 g/mol. The molecule has 138 valence electrons. The first-order chi connectivity index (χ1) is 11.8. The summed E-state index contributed by atoms with van der Waals surface area (Å²) in [6.07, 6.45) is 10.7. The molecule has 4 rings (SSSR count). The maximum Gasteiger partial charge on any atom is 0.302 e. The highest BCUT2D eigenvalue weighted by Gasteiger charge is 2.56. The van der Waals surface area contributed by atoms with E-state index in [1.165, 1.54) is 18.9 Å². The fourth-order valence-electron chi connectivity index (χ4n) is 6.64. The highest BCUT2D eigenvalue weighted by atomic mass is 16.5. The number of hydrogen-bond acceptors (Lipinski definition) is 3. The predicted molar refractivity (Wildman–Crippen MR) is 95.7 cm³/mol. The lowest BCUT2D eigenvalue weighted by atomic mass is 9.48. The van der Waals surface area contributed by atoms with Gasteiger partial charge in [-0.2, -0.15) is 0 Å². The lowest BCUT2D eigenvalue weighted by Gasteiger charge is -2.59. The average Bonchev–Trinajstić information content (AvgIpc) is 2.53. The second-order valence-corrected chi connectivity index (χ2v) is 9.28. The summed E-state index contributed by atoms with van der Waals surface area (Å²) < 4.78 is 5.51. The van der Waals surface area contributed by atoms with E-state index in [4.69, 9.17) is 4.74 Å². The van der Waals surface area contributed by atoms with Crippen molar-refractivity contribution in [3.8, 4) is 0 Å². The van der Waals surface area contributed by atoms with Gasteiger partial charge in [0.25, 0.3) is 0 Å². The molecule has 3 fully saturated rings. The molecule has 0 aromatic carbocycles. The Kier molecular flexibility index (Phi) is 4.01. The molecule has 1 aliphatic heterocycles. The molecule has 6 atom stereocenters. The Morgan fingerprint density at radius 3 is 2.76 bits per heavy atom. The van der Waals surface area contributed by atoms with Crippen LogP contribution in [0.1, 0.15) is 72.1 Å². The number of hydrogen-bond donors (Lipinski definition) is 1. The van der Waals surface area contributed by atoms with E-state index in [2.05, 4.69) is 25.2 Å². The van der Waals surface area contributed by atoms with Crippen LogP contribution in [0.15, 0.2) is 11.6 Å². The van der Waals surface area contributed by atoms with Gasteiger partial charge in [-0.15, -0.1) is 0 Å². The summed E-state index contributed by atoms with van der Waals surface area (Å²) in [4.78, 5) is 23.3. The lowest BCUT2D eigenvalue weighted by molar-refractivity contribution is -0.149. The average molecular weight is 345 g/mol. The molecule has 4 heteroatoms. The number of esters is 1. The van der Waals surface area contributed by atoms with Gasteiger partial charge < -0.3 is 10.1 Å². The highest BCUT2D eigenvalue weighted by Crippen LogP contribution is 2.60. The van der Waals surface area contributed by atoms with Crippen LogP contribution in [0.3, 0.4) is 0 Å². The summed E-state index contributed by atoms with van der Waals surface area (Å²) >= 11 is 0. The number of rotatable bonds is 1. The fourth-order valence-corrected chi connectivity index (χ4v) is 6.64. The fraction of sp³-hybridized carbons (Fsp3) is 0.810. The molecule has 0 bridgehead atoms. The third-order valence-electron chi connectivity index (χ3n) is 7.89. The number of amides is 1. The Balaban J connectivity index is 1.58. The van der Waals surface area contributed by atoms with Gasteiger partial charge in [0, 0.05) is 25.3 Å². The van der Waals surface area contributed by atoms with Crippen molar-refractivity contribution in [2.75, 3.05) is 0 Å². The topological polar surface area (TPSA) is 55.4 Å². The highest BCUT2D eigenvalue weighted by molar-refractivity contribution is 5.77. The molecule has 0 aromatic heterocycles. The Hall–Kier alpha value is -1.32. The summed E-state index contributed by atoms with van der Waals surface area (Å²) in [5, 5.41) is 3.32. The molecule has 25 heavy (non-hydrogen) atoms. The largest absolute Gasteiger partial charge is 0.462 e. The number of allylic oxidation sites excluding steroid dienone is 1. The molecule has 4 aliphatic rings. The van der Waals surface area contributed by atoms with Gasteiger partial charge in [-0.05, 0) is 68.6 Å². The van der Waals surface area contributed by atoms with E-state index in [0.717, 1.165) is 38.5 Å². The van der Waals surface area contributed by atoms with Crippen LogP contribution in [0, 0.1) is 23.2 Å². The first-order valence-electron chi connectivity index (χ1n) is 9.99. The molecule has 0 aromatic rings. The second kappa shape index (κ2) is 5.85. The first-order valence-corrected chi connectivity index (χ1v) is 9.99. The van der Waals surface area contributed by atoms with Crippen LogP contribution in [-0.2, 0) is 14.3 Å². The van der Waals surface area contributed by atoms with Crippen molar-refractivity contribution in [3.63, 3.8) is 0 Å². The van der Waals surface area contributed by atoms with Gasteiger partial charge in [-0.1, -0.05) is 18.6 Å². The zero-order chi connectivity index (χ0) is 17.8. The van der Waals surface area contributed by atoms with E-state index in [-0.39, 0.29) is 28.9 Å². The molecule has 1 heterocycles. The third kappa shape index (κ3) is 2.72. The number of piperidine rings is 1. The minimum atomic E-state index is -0.158. The zero-order valence-electron chi connectivity index (χ0n) is 15.8. The van der Waals surface area contributed by atoms with Gasteiger partial charge in [0.1, 0.15) is 6.10 Å². The lowest BCUT2D eigenvalue weighted by Crippen LogP contribution is -2.62. The maximum atomic E-state index is 11.9. The second-order valence-electron chi connectivity index (χ2n) is 9.28. The molecule has 1 saturated heterocycles.